The molecule has 2 rings (SSSR count). The molecule has 28 heavy (non-hydrogen) atoms. The highest BCUT2D eigenvalue weighted by Gasteiger charge is 2.21. The first kappa shape index (κ1) is 22.2. The fraction of sp³-hybridized carbons (Fsp3) is 0.583. The van der Waals surface area contributed by atoms with E-state index in [1.807, 2.05) is 30.3 Å². The number of carbonyl (C=O) groups is 2. The van der Waals surface area contributed by atoms with Crippen molar-refractivity contribution in [1.82, 2.24) is 0 Å². The molecular weight excluding hydrogens is 352 g/mol. The number of carbonyl (C=O) groups excluding carboxylic acids is 2. The van der Waals surface area contributed by atoms with Crippen LogP contribution in [0.4, 0.5) is 0 Å². The minimum atomic E-state index is -0.243. The van der Waals surface area contributed by atoms with E-state index in [0.717, 1.165) is 44.1 Å². The predicted molar refractivity (Wildman–Crippen MR) is 111 cm³/mol. The first-order valence-corrected chi connectivity index (χ1v) is 10.8. The minimum Gasteiger partial charge on any atom is -0.466 e. The number of ether oxygens (including phenoxy) is 2. The summed E-state index contributed by atoms with van der Waals surface area (Å²) >= 11 is 0. The minimum absolute atomic E-state index is 0.226. The maximum atomic E-state index is 12.4. The highest BCUT2D eigenvalue weighted by atomic mass is 16.5. The number of hydrogen-bond donors (Lipinski definition) is 0. The van der Waals surface area contributed by atoms with E-state index in [-0.39, 0.29) is 30.9 Å². The van der Waals surface area contributed by atoms with Crippen molar-refractivity contribution in [3.63, 3.8) is 0 Å². The second-order valence-corrected chi connectivity index (χ2v) is 7.53. The largest absolute Gasteiger partial charge is 0.466 e. The molecule has 0 fully saturated rings. The molecule has 0 saturated heterocycles. The third-order valence-electron chi connectivity index (χ3n) is 5.09. The van der Waals surface area contributed by atoms with Crippen LogP contribution in [0.15, 0.2) is 42.5 Å². The third-order valence-corrected chi connectivity index (χ3v) is 5.09. The van der Waals surface area contributed by atoms with Crippen LogP contribution in [0.5, 0.6) is 0 Å². The molecule has 0 radical (unpaired) electrons. The SMILES string of the molecule is CCCCCOC(=O)CCCC(=O)OC(CC1C=CCCC1)c1ccccc1. The summed E-state index contributed by atoms with van der Waals surface area (Å²) in [6, 6.07) is 9.94. The number of rotatable bonds is 12. The van der Waals surface area contributed by atoms with Crippen LogP contribution in [0.1, 0.15) is 82.8 Å². The van der Waals surface area contributed by atoms with Gasteiger partial charge in [-0.05, 0) is 50.0 Å². The molecule has 0 bridgehead atoms. The third kappa shape index (κ3) is 8.73. The van der Waals surface area contributed by atoms with E-state index in [0.29, 0.717) is 18.9 Å². The molecule has 1 aliphatic rings. The zero-order chi connectivity index (χ0) is 20.0. The first-order valence-electron chi connectivity index (χ1n) is 10.8. The van der Waals surface area contributed by atoms with Crippen molar-refractivity contribution >= 4 is 11.9 Å². The van der Waals surface area contributed by atoms with Gasteiger partial charge in [-0.15, -0.1) is 0 Å². The molecule has 1 aromatic carbocycles. The molecule has 0 saturated carbocycles. The Bertz CT molecular complexity index is 608. The molecule has 1 aliphatic carbocycles. The molecule has 0 spiro atoms. The zero-order valence-corrected chi connectivity index (χ0v) is 17.1. The Hall–Kier alpha value is -2.10. The molecule has 1 aromatic rings. The van der Waals surface area contributed by atoms with Gasteiger partial charge < -0.3 is 9.47 Å². The van der Waals surface area contributed by atoms with Gasteiger partial charge in [0.2, 0.25) is 0 Å². The second-order valence-electron chi connectivity index (χ2n) is 7.53. The van der Waals surface area contributed by atoms with Gasteiger partial charge in [0.15, 0.2) is 0 Å². The fourth-order valence-electron chi connectivity index (χ4n) is 3.48. The molecule has 4 heteroatoms. The molecule has 0 N–H and O–H groups in total. The highest BCUT2D eigenvalue weighted by molar-refractivity contribution is 5.72. The average Bonchev–Trinajstić information content (AvgIpc) is 2.72. The van der Waals surface area contributed by atoms with Gasteiger partial charge >= 0.3 is 11.9 Å². The molecule has 154 valence electrons. The van der Waals surface area contributed by atoms with Crippen LogP contribution < -0.4 is 0 Å². The van der Waals surface area contributed by atoms with E-state index in [2.05, 4.69) is 19.1 Å². The molecule has 0 amide bonds. The van der Waals surface area contributed by atoms with Crippen molar-refractivity contribution in [2.75, 3.05) is 6.61 Å². The number of esters is 2. The monoisotopic (exact) mass is 386 g/mol. The molecule has 4 nitrogen and oxygen atoms in total. The van der Waals surface area contributed by atoms with Crippen molar-refractivity contribution in [3.8, 4) is 0 Å². The Morgan fingerprint density at radius 2 is 1.86 bits per heavy atom. The summed E-state index contributed by atoms with van der Waals surface area (Å²) in [5.41, 5.74) is 1.03. The van der Waals surface area contributed by atoms with E-state index >= 15 is 0 Å². The van der Waals surface area contributed by atoms with Gasteiger partial charge in [0.05, 0.1) is 6.61 Å². The van der Waals surface area contributed by atoms with Gasteiger partial charge in [-0.2, -0.15) is 0 Å². The van der Waals surface area contributed by atoms with Crippen LogP contribution in [0.2, 0.25) is 0 Å². The van der Waals surface area contributed by atoms with Gasteiger partial charge in [0, 0.05) is 12.8 Å². The number of benzene rings is 1. The van der Waals surface area contributed by atoms with E-state index < -0.39 is 0 Å². The molecule has 0 aromatic heterocycles. The van der Waals surface area contributed by atoms with Crippen molar-refractivity contribution in [3.05, 3.63) is 48.0 Å². The average molecular weight is 387 g/mol. The van der Waals surface area contributed by atoms with E-state index in [1.165, 1.54) is 6.42 Å². The van der Waals surface area contributed by atoms with E-state index in [1.54, 1.807) is 0 Å². The molecule has 2 atom stereocenters. The van der Waals surface area contributed by atoms with Crippen molar-refractivity contribution in [1.29, 1.82) is 0 Å². The molecule has 2 unspecified atom stereocenters. The summed E-state index contributed by atoms with van der Waals surface area (Å²) in [7, 11) is 0. The number of unbranched alkanes of at least 4 members (excludes halogenated alkanes) is 2. The maximum Gasteiger partial charge on any atom is 0.306 e. The number of hydrogen-bond acceptors (Lipinski definition) is 4. The van der Waals surface area contributed by atoms with Crippen molar-refractivity contribution in [2.45, 2.75) is 77.2 Å². The van der Waals surface area contributed by atoms with Crippen LogP contribution >= 0.6 is 0 Å². The lowest BCUT2D eigenvalue weighted by molar-refractivity contribution is -0.150. The standard InChI is InChI=1S/C24H34O4/c1-2-3-10-18-27-23(25)16-11-17-24(26)28-22(21-14-8-5-9-15-21)19-20-12-6-4-7-13-20/h5-6,8-9,12,14-15,20,22H,2-4,7,10-11,13,16-19H2,1H3. The van der Waals surface area contributed by atoms with Gasteiger partial charge in [0.1, 0.15) is 6.10 Å². The van der Waals surface area contributed by atoms with Crippen LogP contribution in [0.3, 0.4) is 0 Å². The van der Waals surface area contributed by atoms with Gasteiger partial charge in [-0.25, -0.2) is 0 Å². The summed E-state index contributed by atoms with van der Waals surface area (Å²) in [6.07, 6.45) is 12.6. The summed E-state index contributed by atoms with van der Waals surface area (Å²) in [5.74, 6) is -0.0202. The quantitative estimate of drug-likeness (QED) is 0.254. The van der Waals surface area contributed by atoms with Crippen molar-refractivity contribution < 1.29 is 19.1 Å². The summed E-state index contributed by atoms with van der Waals surface area (Å²) in [6.45, 7) is 2.59. The lowest BCUT2D eigenvalue weighted by Gasteiger charge is -2.24. The predicted octanol–water partition coefficient (Wildman–Crippen LogP) is 5.92. The second kappa shape index (κ2) is 13.1. The maximum absolute atomic E-state index is 12.4. The first-order chi connectivity index (χ1) is 13.7. The molecular formula is C24H34O4. The molecule has 0 heterocycles. The highest BCUT2D eigenvalue weighted by Crippen LogP contribution is 2.31. The Balaban J connectivity index is 1.77. The Labute approximate surface area is 169 Å². The summed E-state index contributed by atoms with van der Waals surface area (Å²) in [5, 5.41) is 0. The van der Waals surface area contributed by atoms with Crippen LogP contribution in [-0.2, 0) is 19.1 Å². The fourth-order valence-corrected chi connectivity index (χ4v) is 3.48. The zero-order valence-electron chi connectivity index (χ0n) is 17.1. The normalized spacial score (nSPS) is 17.1. The van der Waals surface area contributed by atoms with E-state index in [9.17, 15) is 9.59 Å². The van der Waals surface area contributed by atoms with Gasteiger partial charge in [-0.3, -0.25) is 9.59 Å². The van der Waals surface area contributed by atoms with Crippen LogP contribution in [0, 0.1) is 5.92 Å². The Kier molecular flexibility index (Phi) is 10.4. The Morgan fingerprint density at radius 3 is 2.57 bits per heavy atom. The lowest BCUT2D eigenvalue weighted by atomic mass is 9.89. The lowest BCUT2D eigenvalue weighted by Crippen LogP contribution is -2.16. The smallest absolute Gasteiger partial charge is 0.306 e. The van der Waals surface area contributed by atoms with Crippen LogP contribution in [0.25, 0.3) is 0 Å². The summed E-state index contributed by atoms with van der Waals surface area (Å²) < 4.78 is 11.0. The van der Waals surface area contributed by atoms with Gasteiger partial charge in [-0.1, -0.05) is 62.2 Å². The Morgan fingerprint density at radius 1 is 1.07 bits per heavy atom. The van der Waals surface area contributed by atoms with Gasteiger partial charge in [0.25, 0.3) is 0 Å². The van der Waals surface area contributed by atoms with E-state index in [4.69, 9.17) is 9.47 Å². The molecule has 0 aliphatic heterocycles. The van der Waals surface area contributed by atoms with Crippen molar-refractivity contribution in [2.24, 2.45) is 5.92 Å². The number of allylic oxidation sites excluding steroid dienone is 2. The topological polar surface area (TPSA) is 52.6 Å². The van der Waals surface area contributed by atoms with Crippen LogP contribution in [-0.4, -0.2) is 18.5 Å². The summed E-state index contributed by atoms with van der Waals surface area (Å²) in [4.78, 5) is 24.1.